The van der Waals surface area contributed by atoms with Crippen LogP contribution in [-0.4, -0.2) is 29.4 Å². The summed E-state index contributed by atoms with van der Waals surface area (Å²) in [5.41, 5.74) is 2.34. The molecule has 0 saturated carbocycles. The van der Waals surface area contributed by atoms with Gasteiger partial charge < -0.3 is 4.90 Å². The second-order valence-electron chi connectivity index (χ2n) is 10.7. The van der Waals surface area contributed by atoms with Crippen LogP contribution in [0.2, 0.25) is 5.02 Å². The molecular weight excluding hydrogens is 525 g/mol. The standard InChI is InChI=1S/C34H23ClFNO3/c1-19-9-11-20(12-10-19)31(38)30-29(22-5-4-6-23(35)17-22)34(32(39)25-7-2-3-8-26(25)33(34)40)28-16-13-21-18-24(36)14-15-27(21)37(28)30/h2-18,28-30H,1H3. The van der Waals surface area contributed by atoms with Crippen molar-refractivity contribution in [3.05, 3.63) is 141 Å². The number of carbonyl (C=O) groups is 3. The van der Waals surface area contributed by atoms with Crippen LogP contribution in [0.15, 0.2) is 97.1 Å². The van der Waals surface area contributed by atoms with Crippen LogP contribution in [0, 0.1) is 18.2 Å². The van der Waals surface area contributed by atoms with E-state index in [1.165, 1.54) is 12.1 Å². The van der Waals surface area contributed by atoms with Crippen molar-refractivity contribution in [2.75, 3.05) is 4.90 Å². The van der Waals surface area contributed by atoms with Gasteiger partial charge in [0.2, 0.25) is 0 Å². The van der Waals surface area contributed by atoms with Crippen molar-refractivity contribution >= 4 is 40.7 Å². The molecule has 3 aliphatic rings. The summed E-state index contributed by atoms with van der Waals surface area (Å²) < 4.78 is 14.3. The molecule has 6 heteroatoms. The number of halogens is 2. The topological polar surface area (TPSA) is 54.5 Å². The molecule has 3 atom stereocenters. The van der Waals surface area contributed by atoms with Crippen molar-refractivity contribution in [1.29, 1.82) is 0 Å². The van der Waals surface area contributed by atoms with Gasteiger partial charge in [-0.25, -0.2) is 4.39 Å². The molecule has 2 aliphatic heterocycles. The fourth-order valence-corrected chi connectivity index (χ4v) is 7.11. The van der Waals surface area contributed by atoms with Gasteiger partial charge in [-0.1, -0.05) is 90.0 Å². The predicted molar refractivity (Wildman–Crippen MR) is 153 cm³/mol. The first-order valence-electron chi connectivity index (χ1n) is 13.1. The molecule has 2 heterocycles. The number of benzene rings is 4. The van der Waals surface area contributed by atoms with Crippen LogP contribution >= 0.6 is 11.6 Å². The van der Waals surface area contributed by atoms with Gasteiger partial charge in [0.1, 0.15) is 17.3 Å². The lowest BCUT2D eigenvalue weighted by molar-refractivity contribution is 0.0666. The van der Waals surface area contributed by atoms with Gasteiger partial charge in [-0.15, -0.1) is 0 Å². The highest BCUT2D eigenvalue weighted by atomic mass is 35.5. The zero-order valence-electron chi connectivity index (χ0n) is 21.5. The quantitative estimate of drug-likeness (QED) is 0.203. The Hall–Kier alpha value is -4.35. The van der Waals surface area contributed by atoms with Gasteiger partial charge in [-0.2, -0.15) is 0 Å². The van der Waals surface area contributed by atoms with E-state index >= 15 is 0 Å². The lowest BCUT2D eigenvalue weighted by Crippen LogP contribution is -2.48. The van der Waals surface area contributed by atoms with Crippen molar-refractivity contribution in [3.63, 3.8) is 0 Å². The van der Waals surface area contributed by atoms with E-state index in [9.17, 15) is 18.8 Å². The van der Waals surface area contributed by atoms with Crippen molar-refractivity contribution in [2.24, 2.45) is 5.41 Å². The molecular formula is C34H23ClFNO3. The van der Waals surface area contributed by atoms with Crippen LogP contribution in [0.25, 0.3) is 6.08 Å². The highest BCUT2D eigenvalue weighted by Crippen LogP contribution is 2.61. The van der Waals surface area contributed by atoms with Crippen LogP contribution in [0.4, 0.5) is 10.1 Å². The molecule has 1 fully saturated rings. The van der Waals surface area contributed by atoms with E-state index < -0.39 is 29.2 Å². The summed E-state index contributed by atoms with van der Waals surface area (Å²) in [4.78, 5) is 45.6. The molecule has 0 radical (unpaired) electrons. The van der Waals surface area contributed by atoms with Crippen molar-refractivity contribution in [2.45, 2.75) is 24.9 Å². The summed E-state index contributed by atoms with van der Waals surface area (Å²) in [7, 11) is 0. The van der Waals surface area contributed by atoms with Gasteiger partial charge in [0.15, 0.2) is 17.3 Å². The maximum atomic E-state index is 14.6. The lowest BCUT2D eigenvalue weighted by Gasteiger charge is -2.37. The Morgan fingerprint density at radius 1 is 0.875 bits per heavy atom. The summed E-state index contributed by atoms with van der Waals surface area (Å²) in [6, 6.07) is 23.8. The van der Waals surface area contributed by atoms with Gasteiger partial charge in [-0.3, -0.25) is 14.4 Å². The smallest absolute Gasteiger partial charge is 0.185 e. The molecule has 4 aromatic rings. The number of fused-ring (bicyclic) bond motifs is 5. The van der Waals surface area contributed by atoms with Gasteiger partial charge in [0.25, 0.3) is 0 Å². The third-order valence-corrected chi connectivity index (χ3v) is 8.81. The second kappa shape index (κ2) is 8.83. The van der Waals surface area contributed by atoms with E-state index in [4.69, 9.17) is 11.6 Å². The van der Waals surface area contributed by atoms with E-state index in [-0.39, 0.29) is 17.3 Å². The highest BCUT2D eigenvalue weighted by molar-refractivity contribution is 6.32. The van der Waals surface area contributed by atoms with Crippen LogP contribution in [0.3, 0.4) is 0 Å². The number of carbonyl (C=O) groups excluding carboxylic acids is 3. The first kappa shape index (κ1) is 24.7. The maximum absolute atomic E-state index is 14.6. The number of hydrogen-bond acceptors (Lipinski definition) is 4. The second-order valence-corrected chi connectivity index (χ2v) is 11.1. The number of aryl methyl sites for hydroxylation is 1. The highest BCUT2D eigenvalue weighted by Gasteiger charge is 2.71. The van der Waals surface area contributed by atoms with Gasteiger partial charge in [0.05, 0.1) is 6.04 Å². The van der Waals surface area contributed by atoms with Crippen LogP contribution < -0.4 is 4.90 Å². The van der Waals surface area contributed by atoms with Crippen molar-refractivity contribution in [1.82, 2.24) is 0 Å². The van der Waals surface area contributed by atoms with Crippen LogP contribution in [0.1, 0.15) is 53.7 Å². The third kappa shape index (κ3) is 3.28. The molecule has 0 aromatic heterocycles. The minimum Gasteiger partial charge on any atom is -0.352 e. The Morgan fingerprint density at radius 2 is 1.57 bits per heavy atom. The third-order valence-electron chi connectivity index (χ3n) is 8.58. The zero-order valence-corrected chi connectivity index (χ0v) is 22.2. The fourth-order valence-electron chi connectivity index (χ4n) is 6.91. The molecule has 4 nitrogen and oxygen atoms in total. The molecule has 40 heavy (non-hydrogen) atoms. The maximum Gasteiger partial charge on any atom is 0.185 e. The Balaban J connectivity index is 1.55. The van der Waals surface area contributed by atoms with E-state index in [1.54, 1.807) is 72.8 Å². The van der Waals surface area contributed by atoms with E-state index in [1.807, 2.05) is 30.0 Å². The Kier molecular flexibility index (Phi) is 5.45. The van der Waals surface area contributed by atoms with Crippen molar-refractivity contribution in [3.8, 4) is 0 Å². The van der Waals surface area contributed by atoms with E-state index in [0.29, 0.717) is 38.5 Å². The molecule has 4 aromatic carbocycles. The molecule has 3 unspecified atom stereocenters. The molecule has 1 aliphatic carbocycles. The number of nitrogens with zero attached hydrogens (tertiary/aromatic N) is 1. The predicted octanol–water partition coefficient (Wildman–Crippen LogP) is 7.10. The molecule has 0 amide bonds. The average molecular weight is 548 g/mol. The summed E-state index contributed by atoms with van der Waals surface area (Å²) in [6.07, 6.45) is 3.53. The zero-order chi connectivity index (χ0) is 27.8. The molecule has 1 saturated heterocycles. The number of rotatable bonds is 3. The first-order valence-corrected chi connectivity index (χ1v) is 13.5. The molecule has 0 bridgehead atoms. The molecule has 196 valence electrons. The summed E-state index contributed by atoms with van der Waals surface area (Å²) in [5.74, 6) is -2.14. The average Bonchev–Trinajstić information content (AvgIpc) is 3.39. The number of anilines is 1. The van der Waals surface area contributed by atoms with Crippen LogP contribution in [0.5, 0.6) is 0 Å². The fraction of sp³-hybridized carbons (Fsp3) is 0.147. The first-order chi connectivity index (χ1) is 19.3. The monoisotopic (exact) mass is 547 g/mol. The van der Waals surface area contributed by atoms with Gasteiger partial charge in [0, 0.05) is 38.9 Å². The number of ketones is 3. The lowest BCUT2D eigenvalue weighted by atomic mass is 9.64. The summed E-state index contributed by atoms with van der Waals surface area (Å²) in [5, 5.41) is 0.437. The number of Topliss-reactive ketones (excluding diaryl/α,β-unsaturated/α-hetero) is 3. The summed E-state index contributed by atoms with van der Waals surface area (Å²) in [6.45, 7) is 1.94. The SMILES string of the molecule is Cc1ccc(C(=O)C2C(c3cccc(Cl)c3)C3(C(=O)c4ccccc4C3=O)C3C=Cc4cc(F)ccc4N23)cc1. The van der Waals surface area contributed by atoms with Crippen molar-refractivity contribution < 1.29 is 18.8 Å². The Morgan fingerprint density at radius 3 is 2.25 bits per heavy atom. The number of hydrogen-bond donors (Lipinski definition) is 0. The minimum absolute atomic E-state index is 0.228. The van der Waals surface area contributed by atoms with Gasteiger partial charge >= 0.3 is 0 Å². The molecule has 0 N–H and O–H groups in total. The van der Waals surface area contributed by atoms with Gasteiger partial charge in [-0.05, 0) is 42.8 Å². The Bertz CT molecular complexity index is 1740. The van der Waals surface area contributed by atoms with E-state index in [2.05, 4.69) is 0 Å². The van der Waals surface area contributed by atoms with E-state index in [0.717, 1.165) is 5.56 Å². The minimum atomic E-state index is -1.62. The molecule has 1 spiro atoms. The summed E-state index contributed by atoms with van der Waals surface area (Å²) >= 11 is 6.47. The largest absolute Gasteiger partial charge is 0.352 e. The van der Waals surface area contributed by atoms with Crippen LogP contribution in [-0.2, 0) is 0 Å². The Labute approximate surface area is 235 Å². The molecule has 7 rings (SSSR count). The normalized spacial score (nSPS) is 21.9.